The molecule has 1 N–H and O–H groups in total. The first-order chi connectivity index (χ1) is 9.10. The molecule has 102 valence electrons. The lowest BCUT2D eigenvalue weighted by atomic mass is 10.3. The molecule has 0 aliphatic rings. The van der Waals surface area contributed by atoms with Gasteiger partial charge >= 0.3 is 5.97 Å². The zero-order valence-corrected chi connectivity index (χ0v) is 11.7. The monoisotopic (exact) mass is 280 g/mol. The van der Waals surface area contributed by atoms with Crippen LogP contribution in [0.15, 0.2) is 23.7 Å². The van der Waals surface area contributed by atoms with Crippen LogP contribution in [0.4, 0.5) is 0 Å². The first-order valence-corrected chi connectivity index (χ1v) is 6.96. The molecular formula is C13H16N2O3S. The quantitative estimate of drug-likeness (QED) is 0.882. The molecule has 5 nitrogen and oxygen atoms in total. The lowest BCUT2D eigenvalue weighted by molar-refractivity contribution is 0.0702. The SMILES string of the molecule is CCC(C)n1ccc(COc2csc(C(=O)O)c2)n1. The minimum absolute atomic E-state index is 0.278. The standard InChI is InChI=1S/C13H16N2O3S/c1-3-9(2)15-5-4-10(14-15)7-18-11-6-12(13(16)17)19-8-11/h4-6,8-9H,3,7H2,1-2H3,(H,16,17). The predicted molar refractivity (Wildman–Crippen MR) is 72.8 cm³/mol. The van der Waals surface area contributed by atoms with Gasteiger partial charge in [-0.2, -0.15) is 5.10 Å². The number of hydrogen-bond acceptors (Lipinski definition) is 4. The summed E-state index contributed by atoms with van der Waals surface area (Å²) < 4.78 is 7.43. The normalized spacial score (nSPS) is 12.3. The van der Waals surface area contributed by atoms with E-state index in [0.29, 0.717) is 18.4 Å². The molecule has 2 rings (SSSR count). The summed E-state index contributed by atoms with van der Waals surface area (Å²) >= 11 is 1.16. The summed E-state index contributed by atoms with van der Waals surface area (Å²) in [5.74, 6) is -0.360. The number of rotatable bonds is 6. The molecule has 2 heterocycles. The van der Waals surface area contributed by atoms with Gasteiger partial charge in [0.15, 0.2) is 0 Å². The van der Waals surface area contributed by atoms with E-state index in [2.05, 4.69) is 18.9 Å². The van der Waals surface area contributed by atoms with Crippen molar-refractivity contribution in [3.8, 4) is 5.75 Å². The van der Waals surface area contributed by atoms with Gasteiger partial charge in [-0.25, -0.2) is 4.79 Å². The Bertz CT molecular complexity index is 562. The summed E-state index contributed by atoms with van der Waals surface area (Å²) in [5.41, 5.74) is 0.836. The van der Waals surface area contributed by atoms with Gasteiger partial charge in [0, 0.05) is 23.7 Å². The van der Waals surface area contributed by atoms with E-state index in [1.165, 1.54) is 6.07 Å². The Hall–Kier alpha value is -1.82. The van der Waals surface area contributed by atoms with Gasteiger partial charge in [-0.3, -0.25) is 4.68 Å². The van der Waals surface area contributed by atoms with Crippen LogP contribution >= 0.6 is 11.3 Å². The van der Waals surface area contributed by atoms with Crippen molar-refractivity contribution in [2.45, 2.75) is 32.9 Å². The Kier molecular flexibility index (Phi) is 4.21. The van der Waals surface area contributed by atoms with E-state index < -0.39 is 5.97 Å². The van der Waals surface area contributed by atoms with Crippen LogP contribution in [0.3, 0.4) is 0 Å². The lowest BCUT2D eigenvalue weighted by Crippen LogP contribution is -2.05. The molecule has 2 aromatic rings. The Labute approximate surface area is 115 Å². The third-order valence-electron chi connectivity index (χ3n) is 2.88. The summed E-state index contributed by atoms with van der Waals surface area (Å²) in [5, 5.41) is 14.9. The smallest absolute Gasteiger partial charge is 0.346 e. The van der Waals surface area contributed by atoms with Crippen molar-refractivity contribution in [1.29, 1.82) is 0 Å². The second-order valence-corrected chi connectivity index (χ2v) is 5.20. The second-order valence-electron chi connectivity index (χ2n) is 4.28. The topological polar surface area (TPSA) is 64.3 Å². The molecule has 0 spiro atoms. The fourth-order valence-electron chi connectivity index (χ4n) is 1.55. The molecule has 0 amide bonds. The van der Waals surface area contributed by atoms with Gasteiger partial charge in [0.2, 0.25) is 0 Å². The highest BCUT2D eigenvalue weighted by atomic mass is 32.1. The first kappa shape index (κ1) is 13.6. The van der Waals surface area contributed by atoms with Crippen LogP contribution in [0.1, 0.15) is 41.7 Å². The number of nitrogens with zero attached hydrogens (tertiary/aromatic N) is 2. The summed E-state index contributed by atoms with van der Waals surface area (Å²) in [4.78, 5) is 11.0. The molecule has 1 atom stereocenters. The fourth-order valence-corrected chi connectivity index (χ4v) is 2.22. The minimum atomic E-state index is -0.930. The van der Waals surface area contributed by atoms with Crippen molar-refractivity contribution in [3.05, 3.63) is 34.3 Å². The van der Waals surface area contributed by atoms with Gasteiger partial charge in [-0.05, 0) is 19.4 Å². The number of ether oxygens (including phenoxy) is 1. The predicted octanol–water partition coefficient (Wildman–Crippen LogP) is 3.19. The van der Waals surface area contributed by atoms with E-state index in [0.717, 1.165) is 23.5 Å². The minimum Gasteiger partial charge on any atom is -0.486 e. The van der Waals surface area contributed by atoms with Crippen molar-refractivity contribution < 1.29 is 14.6 Å². The molecule has 0 aromatic carbocycles. The van der Waals surface area contributed by atoms with E-state index in [4.69, 9.17) is 9.84 Å². The van der Waals surface area contributed by atoms with Crippen LogP contribution < -0.4 is 4.74 Å². The van der Waals surface area contributed by atoms with Gasteiger partial charge in [-0.15, -0.1) is 11.3 Å². The molecule has 0 fully saturated rings. The molecule has 0 aliphatic heterocycles. The number of thiophene rings is 1. The van der Waals surface area contributed by atoms with E-state index >= 15 is 0 Å². The van der Waals surface area contributed by atoms with Crippen LogP contribution in [0.2, 0.25) is 0 Å². The highest BCUT2D eigenvalue weighted by molar-refractivity contribution is 7.12. The van der Waals surface area contributed by atoms with Gasteiger partial charge in [0.25, 0.3) is 0 Å². The number of carbonyl (C=O) groups is 1. The van der Waals surface area contributed by atoms with Crippen LogP contribution in [-0.4, -0.2) is 20.9 Å². The van der Waals surface area contributed by atoms with Crippen LogP contribution in [0.5, 0.6) is 5.75 Å². The molecule has 19 heavy (non-hydrogen) atoms. The zero-order valence-electron chi connectivity index (χ0n) is 10.9. The van der Waals surface area contributed by atoms with Crippen molar-refractivity contribution >= 4 is 17.3 Å². The number of aromatic nitrogens is 2. The van der Waals surface area contributed by atoms with Crippen LogP contribution in [0.25, 0.3) is 0 Å². The van der Waals surface area contributed by atoms with Crippen molar-refractivity contribution in [1.82, 2.24) is 9.78 Å². The largest absolute Gasteiger partial charge is 0.486 e. The average Bonchev–Trinajstić information content (AvgIpc) is 3.04. The molecule has 0 aliphatic carbocycles. The Morgan fingerprint density at radius 1 is 1.63 bits per heavy atom. The van der Waals surface area contributed by atoms with Crippen LogP contribution in [-0.2, 0) is 6.61 Å². The van der Waals surface area contributed by atoms with E-state index in [1.54, 1.807) is 5.38 Å². The number of hydrogen-bond donors (Lipinski definition) is 1. The Balaban J connectivity index is 1.94. The molecule has 0 bridgehead atoms. The van der Waals surface area contributed by atoms with Crippen LogP contribution in [0, 0.1) is 0 Å². The van der Waals surface area contributed by atoms with Crippen molar-refractivity contribution in [2.75, 3.05) is 0 Å². The van der Waals surface area contributed by atoms with E-state index in [-0.39, 0.29) is 4.88 Å². The van der Waals surface area contributed by atoms with Gasteiger partial charge in [0.05, 0.1) is 5.69 Å². The lowest BCUT2D eigenvalue weighted by Gasteiger charge is -2.08. The zero-order chi connectivity index (χ0) is 13.8. The molecular weight excluding hydrogens is 264 g/mol. The third-order valence-corrected chi connectivity index (χ3v) is 3.78. The maximum Gasteiger partial charge on any atom is 0.346 e. The maximum atomic E-state index is 10.7. The molecule has 0 saturated carbocycles. The van der Waals surface area contributed by atoms with E-state index in [1.807, 2.05) is 16.9 Å². The van der Waals surface area contributed by atoms with Gasteiger partial charge in [-0.1, -0.05) is 6.92 Å². The number of carboxylic acid groups (broad SMARTS) is 1. The van der Waals surface area contributed by atoms with Crippen molar-refractivity contribution in [3.63, 3.8) is 0 Å². The highest BCUT2D eigenvalue weighted by Crippen LogP contribution is 2.22. The molecule has 1 unspecified atom stereocenters. The molecule has 2 aromatic heterocycles. The Morgan fingerprint density at radius 2 is 2.42 bits per heavy atom. The first-order valence-electron chi connectivity index (χ1n) is 6.08. The summed E-state index contributed by atoms with van der Waals surface area (Å²) in [6, 6.07) is 3.81. The van der Waals surface area contributed by atoms with Crippen molar-refractivity contribution in [2.24, 2.45) is 0 Å². The second kappa shape index (κ2) is 5.88. The Morgan fingerprint density at radius 3 is 3.05 bits per heavy atom. The summed E-state index contributed by atoms with van der Waals surface area (Å²) in [6.45, 7) is 4.57. The van der Waals surface area contributed by atoms with E-state index in [9.17, 15) is 4.79 Å². The fraction of sp³-hybridized carbons (Fsp3) is 0.385. The summed E-state index contributed by atoms with van der Waals surface area (Å²) in [7, 11) is 0. The molecule has 0 radical (unpaired) electrons. The highest BCUT2D eigenvalue weighted by Gasteiger charge is 2.09. The molecule has 6 heteroatoms. The average molecular weight is 280 g/mol. The van der Waals surface area contributed by atoms with Gasteiger partial charge in [0.1, 0.15) is 17.2 Å². The number of carboxylic acids is 1. The summed E-state index contributed by atoms with van der Waals surface area (Å²) in [6.07, 6.45) is 2.96. The third kappa shape index (κ3) is 3.35. The molecule has 0 saturated heterocycles. The van der Waals surface area contributed by atoms with Gasteiger partial charge < -0.3 is 9.84 Å². The number of aromatic carboxylic acids is 1. The maximum absolute atomic E-state index is 10.7.